The van der Waals surface area contributed by atoms with Crippen molar-refractivity contribution in [2.45, 2.75) is 18.9 Å². The standard InChI is InChI=1S/C23H25FN4O3/c24-19-8-6-17(7-9-19)20(28-12-14-30-15-13-28)16-25-21(29)10-11-22-26-27-23(31-22)18-4-2-1-3-5-18/h1-9,20H,10-16H2,(H,25,29). The van der Waals surface area contributed by atoms with Crippen LogP contribution in [0.2, 0.25) is 0 Å². The molecule has 1 aromatic heterocycles. The summed E-state index contributed by atoms with van der Waals surface area (Å²) < 4.78 is 24.5. The van der Waals surface area contributed by atoms with Crippen LogP contribution >= 0.6 is 0 Å². The van der Waals surface area contributed by atoms with Gasteiger partial charge in [-0.1, -0.05) is 30.3 Å². The zero-order valence-corrected chi connectivity index (χ0v) is 17.2. The Morgan fingerprint density at radius 3 is 2.55 bits per heavy atom. The quantitative estimate of drug-likeness (QED) is 0.599. The van der Waals surface area contributed by atoms with E-state index in [1.807, 2.05) is 30.3 Å². The molecule has 1 atom stereocenters. The predicted octanol–water partition coefficient (Wildman–Crippen LogP) is 3.00. The second kappa shape index (κ2) is 10.3. The number of hydrogen-bond donors (Lipinski definition) is 1. The number of aryl methyl sites for hydroxylation is 1. The second-order valence-electron chi connectivity index (χ2n) is 7.39. The number of carbonyl (C=O) groups is 1. The molecule has 0 aliphatic carbocycles. The first-order valence-electron chi connectivity index (χ1n) is 10.4. The highest BCUT2D eigenvalue weighted by Crippen LogP contribution is 2.22. The molecular formula is C23H25FN4O3. The van der Waals surface area contributed by atoms with Crippen LogP contribution in [0.15, 0.2) is 59.0 Å². The Labute approximate surface area is 180 Å². The van der Waals surface area contributed by atoms with Crippen LogP contribution < -0.4 is 5.32 Å². The Kier molecular flexibility index (Phi) is 7.01. The summed E-state index contributed by atoms with van der Waals surface area (Å²) in [4.78, 5) is 14.7. The lowest BCUT2D eigenvalue weighted by Crippen LogP contribution is -2.43. The van der Waals surface area contributed by atoms with Crippen LogP contribution in [0.4, 0.5) is 4.39 Å². The van der Waals surface area contributed by atoms with Crippen LogP contribution in [0.25, 0.3) is 11.5 Å². The predicted molar refractivity (Wildman–Crippen MR) is 113 cm³/mol. The number of amides is 1. The number of ether oxygens (including phenoxy) is 1. The van der Waals surface area contributed by atoms with Crippen LogP contribution in [0, 0.1) is 5.82 Å². The highest BCUT2D eigenvalue weighted by atomic mass is 19.1. The average Bonchev–Trinajstić information content (AvgIpc) is 3.29. The van der Waals surface area contributed by atoms with Crippen LogP contribution in [0.5, 0.6) is 0 Å². The van der Waals surface area contributed by atoms with Gasteiger partial charge in [0.25, 0.3) is 0 Å². The summed E-state index contributed by atoms with van der Waals surface area (Å²) in [5.41, 5.74) is 1.81. The lowest BCUT2D eigenvalue weighted by Gasteiger charge is -2.35. The Morgan fingerprint density at radius 1 is 1.06 bits per heavy atom. The number of aromatic nitrogens is 2. The molecule has 8 heteroatoms. The number of carbonyl (C=O) groups excluding carboxylic acids is 1. The van der Waals surface area contributed by atoms with Crippen molar-refractivity contribution in [3.63, 3.8) is 0 Å². The molecule has 3 aromatic rings. The zero-order valence-electron chi connectivity index (χ0n) is 17.2. The molecule has 1 saturated heterocycles. The normalized spacial score (nSPS) is 15.5. The summed E-state index contributed by atoms with van der Waals surface area (Å²) in [6.45, 7) is 3.26. The van der Waals surface area contributed by atoms with Crippen molar-refractivity contribution in [2.75, 3.05) is 32.8 Å². The van der Waals surface area contributed by atoms with E-state index in [2.05, 4.69) is 20.4 Å². The lowest BCUT2D eigenvalue weighted by atomic mass is 10.0. The molecule has 0 saturated carbocycles. The number of halogens is 1. The third-order valence-electron chi connectivity index (χ3n) is 5.29. The van der Waals surface area contributed by atoms with Crippen LogP contribution in [-0.4, -0.2) is 53.9 Å². The van der Waals surface area contributed by atoms with Crippen LogP contribution in [0.1, 0.15) is 23.9 Å². The molecule has 0 bridgehead atoms. The lowest BCUT2D eigenvalue weighted by molar-refractivity contribution is -0.121. The fourth-order valence-electron chi connectivity index (χ4n) is 3.60. The number of rotatable bonds is 8. The highest BCUT2D eigenvalue weighted by molar-refractivity contribution is 5.76. The molecule has 1 aliphatic rings. The Morgan fingerprint density at radius 2 is 1.81 bits per heavy atom. The van der Waals surface area contributed by atoms with Crippen molar-refractivity contribution in [2.24, 2.45) is 0 Å². The van der Waals surface area contributed by atoms with E-state index in [9.17, 15) is 9.18 Å². The Hall–Kier alpha value is -3.10. The van der Waals surface area contributed by atoms with E-state index in [4.69, 9.17) is 9.15 Å². The fourth-order valence-corrected chi connectivity index (χ4v) is 3.60. The molecule has 162 valence electrons. The van der Waals surface area contributed by atoms with Crippen molar-refractivity contribution in [1.29, 1.82) is 0 Å². The minimum atomic E-state index is -0.275. The van der Waals surface area contributed by atoms with E-state index in [1.165, 1.54) is 12.1 Å². The van der Waals surface area contributed by atoms with E-state index in [-0.39, 0.29) is 24.2 Å². The molecule has 7 nitrogen and oxygen atoms in total. The first-order valence-corrected chi connectivity index (χ1v) is 10.4. The summed E-state index contributed by atoms with van der Waals surface area (Å²) in [5.74, 6) is 0.500. The second-order valence-corrected chi connectivity index (χ2v) is 7.39. The van der Waals surface area contributed by atoms with E-state index >= 15 is 0 Å². The fraction of sp³-hybridized carbons (Fsp3) is 0.348. The first kappa shape index (κ1) is 21.1. The number of benzene rings is 2. The minimum absolute atomic E-state index is 0.0402. The molecule has 1 unspecified atom stereocenters. The molecule has 31 heavy (non-hydrogen) atoms. The van der Waals surface area contributed by atoms with Crippen molar-refractivity contribution < 1.29 is 18.3 Å². The van der Waals surface area contributed by atoms with Gasteiger partial charge in [0.15, 0.2) is 0 Å². The molecule has 2 heterocycles. The molecule has 1 fully saturated rings. The molecule has 4 rings (SSSR count). The molecule has 0 spiro atoms. The van der Waals surface area contributed by atoms with Crippen molar-refractivity contribution in [3.8, 4) is 11.5 Å². The molecule has 1 amide bonds. The molecule has 1 aliphatic heterocycles. The summed E-state index contributed by atoms with van der Waals surface area (Å²) in [7, 11) is 0. The average molecular weight is 424 g/mol. The third kappa shape index (κ3) is 5.74. The number of nitrogens with one attached hydrogen (secondary N) is 1. The topological polar surface area (TPSA) is 80.5 Å². The highest BCUT2D eigenvalue weighted by Gasteiger charge is 2.23. The van der Waals surface area contributed by atoms with Gasteiger partial charge in [0, 0.05) is 38.0 Å². The van der Waals surface area contributed by atoms with Crippen LogP contribution in [0.3, 0.4) is 0 Å². The van der Waals surface area contributed by atoms with E-state index in [0.717, 1.165) is 24.2 Å². The maximum Gasteiger partial charge on any atom is 0.247 e. The van der Waals surface area contributed by atoms with Crippen molar-refractivity contribution >= 4 is 5.91 Å². The summed E-state index contributed by atoms with van der Waals surface area (Å²) in [6.07, 6.45) is 0.611. The zero-order chi connectivity index (χ0) is 21.5. The van der Waals surface area contributed by atoms with Gasteiger partial charge in [0.2, 0.25) is 17.7 Å². The molecular weight excluding hydrogens is 399 g/mol. The van der Waals surface area contributed by atoms with Crippen molar-refractivity contribution in [1.82, 2.24) is 20.4 Å². The first-order chi connectivity index (χ1) is 15.2. The minimum Gasteiger partial charge on any atom is -0.421 e. The van der Waals surface area contributed by atoms with E-state index < -0.39 is 0 Å². The van der Waals surface area contributed by atoms with Gasteiger partial charge in [0.1, 0.15) is 5.82 Å². The smallest absolute Gasteiger partial charge is 0.247 e. The summed E-state index contributed by atoms with van der Waals surface area (Å²) >= 11 is 0. The largest absolute Gasteiger partial charge is 0.421 e. The molecule has 2 aromatic carbocycles. The van der Waals surface area contributed by atoms with Gasteiger partial charge >= 0.3 is 0 Å². The number of morpholine rings is 1. The van der Waals surface area contributed by atoms with Gasteiger partial charge in [-0.05, 0) is 29.8 Å². The van der Waals surface area contributed by atoms with Gasteiger partial charge in [-0.15, -0.1) is 10.2 Å². The molecule has 1 N–H and O–H groups in total. The van der Waals surface area contributed by atoms with Crippen molar-refractivity contribution in [3.05, 3.63) is 71.9 Å². The van der Waals surface area contributed by atoms with Gasteiger partial charge in [-0.3, -0.25) is 9.69 Å². The summed E-state index contributed by atoms with van der Waals surface area (Å²) in [5, 5.41) is 11.1. The number of hydrogen-bond acceptors (Lipinski definition) is 6. The van der Waals surface area contributed by atoms with E-state index in [1.54, 1.807) is 12.1 Å². The Balaban J connectivity index is 1.32. The van der Waals surface area contributed by atoms with Gasteiger partial charge < -0.3 is 14.5 Å². The Bertz CT molecular complexity index is 972. The van der Waals surface area contributed by atoms with Gasteiger partial charge in [-0.2, -0.15) is 0 Å². The van der Waals surface area contributed by atoms with Gasteiger partial charge in [-0.25, -0.2) is 4.39 Å². The monoisotopic (exact) mass is 424 g/mol. The third-order valence-corrected chi connectivity index (χ3v) is 5.29. The SMILES string of the molecule is O=C(CCc1nnc(-c2ccccc2)o1)NCC(c1ccc(F)cc1)N1CCOCC1. The summed E-state index contributed by atoms with van der Waals surface area (Å²) in [6, 6.07) is 15.9. The maximum atomic E-state index is 13.4. The molecule has 0 radical (unpaired) electrons. The maximum absolute atomic E-state index is 13.4. The number of nitrogens with zero attached hydrogens (tertiary/aromatic N) is 3. The van der Waals surface area contributed by atoms with Crippen LogP contribution in [-0.2, 0) is 16.0 Å². The van der Waals surface area contributed by atoms with Gasteiger partial charge in [0.05, 0.1) is 19.3 Å². The van der Waals surface area contributed by atoms with E-state index in [0.29, 0.717) is 38.0 Å².